The summed E-state index contributed by atoms with van der Waals surface area (Å²) in [4.78, 5) is 56.7. The Morgan fingerprint density at radius 1 is 0.913 bits per heavy atom. The zero-order valence-electron chi connectivity index (χ0n) is 24.7. The number of carbonyl (C=O) groups is 4. The number of hydrogen-bond donors (Lipinski definition) is 1. The second-order valence-electron chi connectivity index (χ2n) is 12.3. The number of nitrogens with zero attached hydrogens (tertiary/aromatic N) is 3. The summed E-state index contributed by atoms with van der Waals surface area (Å²) in [6.45, 7) is 2.76. The molecule has 3 saturated heterocycles. The molecular formula is C33H32BrCl2N3O7. The van der Waals surface area contributed by atoms with E-state index in [1.165, 1.54) is 4.90 Å². The van der Waals surface area contributed by atoms with Crippen LogP contribution in [0.4, 0.5) is 11.4 Å². The van der Waals surface area contributed by atoms with Gasteiger partial charge in [0.05, 0.1) is 42.8 Å². The summed E-state index contributed by atoms with van der Waals surface area (Å²) < 4.78 is 11.0. The van der Waals surface area contributed by atoms with Crippen LogP contribution in [0.2, 0.25) is 0 Å². The predicted molar refractivity (Wildman–Crippen MR) is 174 cm³/mol. The molecule has 1 N–H and O–H groups in total. The normalized spacial score (nSPS) is 32.3. The number of aliphatic hydroxyl groups excluding tert-OH is 1. The number of hydrogen-bond acceptors (Lipinski definition) is 8. The van der Waals surface area contributed by atoms with Gasteiger partial charge < -0.3 is 19.5 Å². The van der Waals surface area contributed by atoms with Crippen molar-refractivity contribution in [2.24, 2.45) is 17.8 Å². The first-order valence-electron chi connectivity index (χ1n) is 15.3. The number of allylic oxidation sites excluding steroid dienone is 2. The maximum Gasteiger partial charge on any atom is 0.254 e. The van der Waals surface area contributed by atoms with Gasteiger partial charge in [-0.2, -0.15) is 0 Å². The number of benzene rings is 2. The van der Waals surface area contributed by atoms with Crippen LogP contribution in [0.1, 0.15) is 24.3 Å². The van der Waals surface area contributed by atoms with Crippen molar-refractivity contribution in [3.8, 4) is 5.75 Å². The maximum atomic E-state index is 14.3. The van der Waals surface area contributed by atoms with Gasteiger partial charge in [0.25, 0.3) is 11.8 Å². The highest BCUT2D eigenvalue weighted by Gasteiger charge is 2.76. The van der Waals surface area contributed by atoms with Crippen molar-refractivity contribution in [2.75, 3.05) is 54.8 Å². The minimum atomic E-state index is -1.87. The molecule has 6 unspecified atom stereocenters. The van der Waals surface area contributed by atoms with Crippen molar-refractivity contribution in [1.82, 2.24) is 4.90 Å². The summed E-state index contributed by atoms with van der Waals surface area (Å²) in [6.07, 6.45) is 2.12. The molecule has 0 bridgehead atoms. The highest BCUT2D eigenvalue weighted by molar-refractivity contribution is 9.09. The summed E-state index contributed by atoms with van der Waals surface area (Å²) in [6, 6.07) is 14.3. The Morgan fingerprint density at radius 2 is 1.59 bits per heavy atom. The molecule has 0 aromatic heterocycles. The van der Waals surface area contributed by atoms with E-state index in [2.05, 4.69) is 20.8 Å². The molecule has 5 aliphatic rings. The predicted octanol–water partition coefficient (Wildman–Crippen LogP) is 3.81. The van der Waals surface area contributed by atoms with Crippen LogP contribution in [-0.2, 0) is 23.9 Å². The van der Waals surface area contributed by atoms with Gasteiger partial charge in [-0.3, -0.25) is 29.0 Å². The van der Waals surface area contributed by atoms with E-state index in [-0.39, 0.29) is 43.3 Å². The smallest absolute Gasteiger partial charge is 0.254 e. The number of amides is 4. The number of fused-ring (bicyclic) bond motifs is 4. The van der Waals surface area contributed by atoms with Crippen LogP contribution >= 0.6 is 39.1 Å². The van der Waals surface area contributed by atoms with Gasteiger partial charge in [-0.1, -0.05) is 39.7 Å². The molecule has 4 fully saturated rings. The van der Waals surface area contributed by atoms with Crippen molar-refractivity contribution in [1.29, 1.82) is 0 Å². The van der Waals surface area contributed by atoms with Crippen LogP contribution < -0.4 is 14.5 Å². The minimum absolute atomic E-state index is 0.0733. The van der Waals surface area contributed by atoms with E-state index < -0.39 is 45.2 Å². The summed E-state index contributed by atoms with van der Waals surface area (Å²) in [5, 5.41) is 9.15. The number of rotatable bonds is 7. The third kappa shape index (κ3) is 4.57. The molecule has 13 heteroatoms. The largest absolute Gasteiger partial charge is 0.491 e. The third-order valence-electron chi connectivity index (χ3n) is 10.1. The number of likely N-dealkylation sites (tertiary alicyclic amines) is 1. The monoisotopic (exact) mass is 731 g/mol. The van der Waals surface area contributed by atoms with E-state index in [0.717, 1.165) is 29.2 Å². The van der Waals surface area contributed by atoms with Crippen LogP contribution in [0.5, 0.6) is 5.75 Å². The number of morpholine rings is 1. The molecule has 4 amide bonds. The SMILES string of the molecule is O=C1C2CC=C3C(CC4(Cl)C(=O)N(CBr)C(=O)C4(Cl)C3c3ccc(OCCO)cc3)C2C(=O)N1c1ccc(N2CCOCC2)cc1. The fraction of sp³-hybridized carbons (Fsp3) is 0.455. The number of carbonyl (C=O) groups excluding carboxylic acids is 4. The molecule has 2 aliphatic carbocycles. The molecule has 0 radical (unpaired) electrons. The second-order valence-corrected chi connectivity index (χ2v) is 14.0. The molecule has 6 atom stereocenters. The zero-order valence-corrected chi connectivity index (χ0v) is 27.8. The van der Waals surface area contributed by atoms with Gasteiger partial charge >= 0.3 is 0 Å². The zero-order chi connectivity index (χ0) is 32.4. The van der Waals surface area contributed by atoms with E-state index in [0.29, 0.717) is 30.2 Å². The van der Waals surface area contributed by atoms with Gasteiger partial charge in [0.1, 0.15) is 12.4 Å². The van der Waals surface area contributed by atoms with Crippen molar-refractivity contribution in [3.63, 3.8) is 0 Å². The lowest BCUT2D eigenvalue weighted by Gasteiger charge is -2.50. The lowest BCUT2D eigenvalue weighted by molar-refractivity contribution is -0.138. The van der Waals surface area contributed by atoms with E-state index in [1.807, 2.05) is 18.2 Å². The number of halogens is 3. The van der Waals surface area contributed by atoms with E-state index in [4.69, 9.17) is 37.8 Å². The number of ether oxygens (including phenoxy) is 2. The van der Waals surface area contributed by atoms with Crippen LogP contribution in [0.25, 0.3) is 0 Å². The Labute approximate surface area is 284 Å². The van der Waals surface area contributed by atoms with Crippen molar-refractivity contribution >= 4 is 74.1 Å². The molecule has 1 saturated carbocycles. The number of imide groups is 2. The Morgan fingerprint density at radius 3 is 2.24 bits per heavy atom. The first-order valence-corrected chi connectivity index (χ1v) is 17.2. The standard InChI is InChI=1S/C33H32BrCl2N3O7/c34-18-38-30(43)32(35)17-25-23(27(33(32,36)31(38)44)19-1-7-22(8-2-19)46-16-13-40)9-10-24-26(25)29(42)39(28(24)41)21-5-3-20(4-6-21)37-11-14-45-15-12-37/h1-9,24-27,40H,10-18H2. The van der Waals surface area contributed by atoms with Crippen LogP contribution in [0.15, 0.2) is 60.2 Å². The first-order chi connectivity index (χ1) is 22.2. The van der Waals surface area contributed by atoms with Gasteiger partial charge in [0.2, 0.25) is 11.8 Å². The Kier molecular flexibility index (Phi) is 8.20. The second kappa shape index (κ2) is 11.9. The lowest BCUT2D eigenvalue weighted by atomic mass is 9.56. The Hall–Kier alpha value is -2.96. The minimum Gasteiger partial charge on any atom is -0.491 e. The van der Waals surface area contributed by atoms with Gasteiger partial charge in [-0.25, -0.2) is 0 Å². The van der Waals surface area contributed by atoms with E-state index >= 15 is 0 Å². The fourth-order valence-corrected chi connectivity index (χ4v) is 9.36. The van der Waals surface area contributed by atoms with Crippen molar-refractivity contribution in [3.05, 3.63) is 65.7 Å². The third-order valence-corrected chi connectivity index (χ3v) is 12.0. The average molecular weight is 733 g/mol. The average Bonchev–Trinajstić information content (AvgIpc) is 3.42. The van der Waals surface area contributed by atoms with Crippen LogP contribution in [0.3, 0.4) is 0 Å². The van der Waals surface area contributed by atoms with Crippen LogP contribution in [-0.4, -0.2) is 88.4 Å². The van der Waals surface area contributed by atoms with E-state index in [9.17, 15) is 19.2 Å². The molecule has 46 heavy (non-hydrogen) atoms. The summed E-state index contributed by atoms with van der Waals surface area (Å²) in [5.41, 5.74) is 2.73. The molecule has 0 spiro atoms. The number of aliphatic hydroxyl groups is 1. The molecule has 3 aliphatic heterocycles. The Bertz CT molecular complexity index is 1620. The lowest BCUT2D eigenvalue weighted by Crippen LogP contribution is -2.60. The molecule has 10 nitrogen and oxygen atoms in total. The summed E-state index contributed by atoms with van der Waals surface area (Å²) in [5.74, 6) is -4.28. The van der Waals surface area contributed by atoms with Gasteiger partial charge in [-0.05, 0) is 60.7 Å². The van der Waals surface area contributed by atoms with Gasteiger partial charge in [0.15, 0.2) is 9.75 Å². The molecule has 2 aromatic rings. The molecule has 2 aromatic carbocycles. The van der Waals surface area contributed by atoms with Crippen molar-refractivity contribution in [2.45, 2.75) is 28.5 Å². The highest BCUT2D eigenvalue weighted by atomic mass is 79.9. The molecule has 7 rings (SSSR count). The number of alkyl halides is 3. The topological polar surface area (TPSA) is 117 Å². The Balaban J connectivity index is 1.26. The van der Waals surface area contributed by atoms with Gasteiger partial charge in [-0.15, -0.1) is 23.2 Å². The molecule has 242 valence electrons. The highest BCUT2D eigenvalue weighted by Crippen LogP contribution is 2.65. The van der Waals surface area contributed by atoms with E-state index in [1.54, 1.807) is 36.4 Å². The number of anilines is 2. The quantitative estimate of drug-likeness (QED) is 0.198. The fourth-order valence-electron chi connectivity index (χ4n) is 7.94. The van der Waals surface area contributed by atoms with Crippen molar-refractivity contribution < 1.29 is 33.8 Å². The maximum absolute atomic E-state index is 14.3. The van der Waals surface area contributed by atoms with Crippen LogP contribution in [0, 0.1) is 17.8 Å². The molecular weight excluding hydrogens is 701 g/mol. The summed E-state index contributed by atoms with van der Waals surface area (Å²) >= 11 is 17.8. The van der Waals surface area contributed by atoms with Gasteiger partial charge in [0, 0.05) is 24.7 Å². The summed E-state index contributed by atoms with van der Waals surface area (Å²) in [7, 11) is 0. The molecule has 3 heterocycles. The first kappa shape index (κ1) is 31.6.